The van der Waals surface area contributed by atoms with E-state index in [-0.39, 0.29) is 17.5 Å². The molecule has 0 bridgehead atoms. The molecule has 1 unspecified atom stereocenters. The van der Waals surface area contributed by atoms with E-state index in [1.807, 2.05) is 18.3 Å². The number of hydrogen-bond acceptors (Lipinski definition) is 3. The molecule has 0 saturated carbocycles. The Balaban J connectivity index is 1.83. The fourth-order valence-corrected chi connectivity index (χ4v) is 3.11. The Morgan fingerprint density at radius 1 is 1.23 bits per heavy atom. The van der Waals surface area contributed by atoms with Crippen LogP contribution in [0.15, 0.2) is 36.5 Å². The molecular weight excluding hydrogens is 324 g/mol. The van der Waals surface area contributed by atoms with Crippen molar-refractivity contribution in [2.75, 3.05) is 23.3 Å². The summed E-state index contributed by atoms with van der Waals surface area (Å²) in [6, 6.07) is 10.4. The van der Waals surface area contributed by atoms with Crippen LogP contribution in [0.2, 0.25) is 0 Å². The average molecular weight is 352 g/mol. The van der Waals surface area contributed by atoms with Gasteiger partial charge >= 0.3 is 6.03 Å². The van der Waals surface area contributed by atoms with Crippen LogP contribution in [0.1, 0.15) is 50.6 Å². The van der Waals surface area contributed by atoms with Crippen LogP contribution in [0.25, 0.3) is 0 Å². The lowest BCUT2D eigenvalue weighted by Gasteiger charge is -2.23. The van der Waals surface area contributed by atoms with Crippen LogP contribution in [-0.4, -0.2) is 24.1 Å². The van der Waals surface area contributed by atoms with E-state index in [1.54, 1.807) is 4.90 Å². The van der Waals surface area contributed by atoms with Gasteiger partial charge in [0.2, 0.25) is 0 Å². The molecule has 0 aliphatic carbocycles. The molecule has 1 aromatic heterocycles. The Labute approximate surface area is 155 Å². The molecule has 2 N–H and O–H groups in total. The first kappa shape index (κ1) is 18.2. The molecule has 1 atom stereocenters. The highest BCUT2D eigenvalue weighted by molar-refractivity contribution is 5.94. The van der Waals surface area contributed by atoms with Gasteiger partial charge in [0.25, 0.3) is 0 Å². The number of nitrogens with zero attached hydrogens (tertiary/aromatic N) is 2. The van der Waals surface area contributed by atoms with E-state index in [1.165, 1.54) is 5.56 Å². The number of hydrogen-bond donors (Lipinski definition) is 2. The number of carbonyl (C=O) groups excluding carboxylic acids is 1. The van der Waals surface area contributed by atoms with Crippen molar-refractivity contribution in [2.24, 2.45) is 0 Å². The predicted octanol–water partition coefficient (Wildman–Crippen LogP) is 4.39. The zero-order valence-electron chi connectivity index (χ0n) is 16.3. The Bertz CT molecular complexity index is 810. The Morgan fingerprint density at radius 2 is 2.00 bits per heavy atom. The summed E-state index contributed by atoms with van der Waals surface area (Å²) in [5.41, 5.74) is 5.47. The number of aryl methyl sites for hydroxylation is 1. The van der Waals surface area contributed by atoms with Crippen LogP contribution in [0.3, 0.4) is 0 Å². The van der Waals surface area contributed by atoms with Gasteiger partial charge in [0, 0.05) is 30.7 Å². The summed E-state index contributed by atoms with van der Waals surface area (Å²) in [5, 5.41) is 6.41. The highest BCUT2D eigenvalue weighted by Gasteiger charge is 2.22. The topological polar surface area (TPSA) is 57.3 Å². The maximum absolute atomic E-state index is 11.9. The number of anilines is 2. The second-order valence-corrected chi connectivity index (χ2v) is 7.97. The molecule has 26 heavy (non-hydrogen) atoms. The molecule has 1 aliphatic rings. The highest BCUT2D eigenvalue weighted by Crippen LogP contribution is 2.29. The summed E-state index contributed by atoms with van der Waals surface area (Å²) in [7, 11) is 0. The maximum Gasteiger partial charge on any atom is 0.321 e. The Morgan fingerprint density at radius 3 is 2.65 bits per heavy atom. The van der Waals surface area contributed by atoms with E-state index in [0.29, 0.717) is 13.1 Å². The molecule has 2 heterocycles. The first-order valence-corrected chi connectivity index (χ1v) is 9.15. The number of nitrogens with one attached hydrogen (secondary N) is 2. The van der Waals surface area contributed by atoms with Crippen LogP contribution in [0, 0.1) is 6.92 Å². The van der Waals surface area contributed by atoms with Crippen molar-refractivity contribution >= 4 is 17.4 Å². The average Bonchev–Trinajstić information content (AvgIpc) is 3.02. The maximum atomic E-state index is 11.9. The first-order valence-electron chi connectivity index (χ1n) is 9.15. The molecule has 1 saturated heterocycles. The quantitative estimate of drug-likeness (QED) is 0.858. The van der Waals surface area contributed by atoms with Crippen LogP contribution in [0.5, 0.6) is 0 Å². The summed E-state index contributed by atoms with van der Waals surface area (Å²) in [6.07, 6.45) is 1.88. The van der Waals surface area contributed by atoms with E-state index >= 15 is 0 Å². The second kappa shape index (κ2) is 6.98. The largest absolute Gasteiger partial charge is 0.377 e. The number of carbonyl (C=O) groups is 1. The van der Waals surface area contributed by atoms with Crippen LogP contribution in [0.4, 0.5) is 16.2 Å². The van der Waals surface area contributed by atoms with E-state index < -0.39 is 0 Å². The van der Waals surface area contributed by atoms with Gasteiger partial charge in [-0.3, -0.25) is 9.88 Å². The smallest absolute Gasteiger partial charge is 0.321 e. The fraction of sp³-hybridized carbons (Fsp3) is 0.429. The standard InChI is InChI=1S/C21H28N4O/c1-14-6-7-17(25-11-10-23-20(25)26)13-18(14)24-15(2)19-12-16(8-9-22-19)21(3,4)5/h6-9,12-13,15,24H,10-11H2,1-5H3,(H,23,26). The van der Waals surface area contributed by atoms with Gasteiger partial charge in [-0.05, 0) is 54.7 Å². The van der Waals surface area contributed by atoms with Crippen molar-refractivity contribution in [1.29, 1.82) is 0 Å². The molecule has 1 aromatic carbocycles. The summed E-state index contributed by atoms with van der Waals surface area (Å²) in [5.74, 6) is 0. The van der Waals surface area contributed by atoms with Crippen molar-refractivity contribution in [3.8, 4) is 0 Å². The lowest BCUT2D eigenvalue weighted by molar-refractivity contribution is 0.252. The second-order valence-electron chi connectivity index (χ2n) is 7.97. The molecule has 5 nitrogen and oxygen atoms in total. The molecule has 0 spiro atoms. The van der Waals surface area contributed by atoms with Gasteiger partial charge in [-0.15, -0.1) is 0 Å². The van der Waals surface area contributed by atoms with Crippen molar-refractivity contribution < 1.29 is 4.79 Å². The minimum absolute atomic E-state index is 0.0348. The van der Waals surface area contributed by atoms with E-state index in [2.05, 4.69) is 68.4 Å². The number of rotatable bonds is 4. The van der Waals surface area contributed by atoms with Crippen molar-refractivity contribution in [1.82, 2.24) is 10.3 Å². The summed E-state index contributed by atoms with van der Waals surface area (Å²) in [4.78, 5) is 18.3. The normalized spacial score (nSPS) is 15.7. The van der Waals surface area contributed by atoms with Crippen LogP contribution >= 0.6 is 0 Å². The molecular formula is C21H28N4O. The van der Waals surface area contributed by atoms with Gasteiger partial charge in [-0.2, -0.15) is 0 Å². The number of aromatic nitrogens is 1. The van der Waals surface area contributed by atoms with Gasteiger partial charge in [-0.25, -0.2) is 4.79 Å². The van der Waals surface area contributed by atoms with E-state index in [4.69, 9.17) is 0 Å². The summed E-state index contributed by atoms with van der Waals surface area (Å²) < 4.78 is 0. The molecule has 3 rings (SSSR count). The minimum atomic E-state index is -0.0348. The van der Waals surface area contributed by atoms with Gasteiger partial charge in [0.1, 0.15) is 0 Å². The number of urea groups is 1. The molecule has 1 aliphatic heterocycles. The lowest BCUT2D eigenvalue weighted by atomic mass is 9.87. The zero-order chi connectivity index (χ0) is 18.9. The van der Waals surface area contributed by atoms with E-state index in [9.17, 15) is 4.79 Å². The highest BCUT2D eigenvalue weighted by atomic mass is 16.2. The summed E-state index contributed by atoms with van der Waals surface area (Å²) >= 11 is 0. The molecule has 0 radical (unpaired) electrons. The van der Waals surface area contributed by atoms with Gasteiger partial charge < -0.3 is 10.6 Å². The van der Waals surface area contributed by atoms with Crippen LogP contribution in [-0.2, 0) is 5.41 Å². The SMILES string of the molecule is Cc1ccc(N2CCNC2=O)cc1NC(C)c1cc(C(C)(C)C)ccn1. The third-order valence-corrected chi connectivity index (χ3v) is 4.85. The van der Waals surface area contributed by atoms with Crippen molar-refractivity contribution in [2.45, 2.75) is 46.1 Å². The Hall–Kier alpha value is -2.56. The zero-order valence-corrected chi connectivity index (χ0v) is 16.3. The molecule has 2 amide bonds. The van der Waals surface area contributed by atoms with Gasteiger partial charge in [0.05, 0.1) is 11.7 Å². The van der Waals surface area contributed by atoms with Gasteiger partial charge in [0.15, 0.2) is 0 Å². The minimum Gasteiger partial charge on any atom is -0.377 e. The monoisotopic (exact) mass is 352 g/mol. The Kier molecular flexibility index (Phi) is 4.90. The number of amides is 2. The molecule has 2 aromatic rings. The number of pyridine rings is 1. The lowest BCUT2D eigenvalue weighted by Crippen LogP contribution is -2.27. The summed E-state index contributed by atoms with van der Waals surface area (Å²) in [6.45, 7) is 12.2. The third kappa shape index (κ3) is 3.82. The fourth-order valence-electron chi connectivity index (χ4n) is 3.11. The molecule has 5 heteroatoms. The predicted molar refractivity (Wildman–Crippen MR) is 107 cm³/mol. The molecule has 138 valence electrons. The number of benzene rings is 1. The first-order chi connectivity index (χ1) is 12.3. The third-order valence-electron chi connectivity index (χ3n) is 4.85. The van der Waals surface area contributed by atoms with Crippen molar-refractivity contribution in [3.05, 3.63) is 53.3 Å². The van der Waals surface area contributed by atoms with Crippen molar-refractivity contribution in [3.63, 3.8) is 0 Å². The van der Waals surface area contributed by atoms with E-state index in [0.717, 1.165) is 22.6 Å². The van der Waals surface area contributed by atoms with Gasteiger partial charge in [-0.1, -0.05) is 26.8 Å². The molecule has 1 fully saturated rings. The van der Waals surface area contributed by atoms with Crippen LogP contribution < -0.4 is 15.5 Å².